The molecule has 5 heteroatoms. The van der Waals surface area contributed by atoms with Gasteiger partial charge in [0.25, 0.3) is 0 Å². The van der Waals surface area contributed by atoms with Gasteiger partial charge in [0.1, 0.15) is 0 Å². The first-order chi connectivity index (χ1) is 12.3. The minimum absolute atomic E-state index is 0.186. The molecule has 0 radical (unpaired) electrons. The fourth-order valence-corrected chi connectivity index (χ4v) is 5.26. The van der Waals surface area contributed by atoms with Crippen molar-refractivity contribution in [1.82, 2.24) is 0 Å². The third-order valence-corrected chi connectivity index (χ3v) is 7.44. The van der Waals surface area contributed by atoms with E-state index in [2.05, 4.69) is 13.8 Å². The lowest BCUT2D eigenvalue weighted by Gasteiger charge is -2.41. The minimum atomic E-state index is -0.884. The first kappa shape index (κ1) is 21.2. The first-order valence-electron chi connectivity index (χ1n) is 10.4. The Hall–Kier alpha value is -1.10. The van der Waals surface area contributed by atoms with Crippen LogP contribution in [0.25, 0.3) is 0 Å². The molecule has 0 heterocycles. The lowest BCUT2D eigenvalue weighted by atomic mass is 9.63. The Labute approximate surface area is 157 Å². The van der Waals surface area contributed by atoms with E-state index in [9.17, 15) is 24.9 Å². The van der Waals surface area contributed by atoms with Crippen LogP contribution < -0.4 is 0 Å². The van der Waals surface area contributed by atoms with Crippen molar-refractivity contribution < 1.29 is 24.9 Å². The molecule has 0 aromatic heterocycles. The lowest BCUT2D eigenvalue weighted by molar-refractivity contribution is -0.157. The number of aliphatic hydroxyl groups excluding tert-OH is 1. The summed E-state index contributed by atoms with van der Waals surface area (Å²) in [7, 11) is 0. The van der Waals surface area contributed by atoms with Crippen LogP contribution in [-0.2, 0) is 9.59 Å². The van der Waals surface area contributed by atoms with Crippen LogP contribution in [-0.4, -0.2) is 33.4 Å². The molecule has 26 heavy (non-hydrogen) atoms. The summed E-state index contributed by atoms with van der Waals surface area (Å²) in [6, 6.07) is 0. The van der Waals surface area contributed by atoms with Gasteiger partial charge in [-0.25, -0.2) is 0 Å². The Balaban J connectivity index is 2.03. The Morgan fingerprint density at radius 2 is 1.12 bits per heavy atom. The molecule has 0 bridgehead atoms. The summed E-state index contributed by atoms with van der Waals surface area (Å²) in [5.41, 5.74) is -1.77. The van der Waals surface area contributed by atoms with E-state index >= 15 is 0 Å². The lowest BCUT2D eigenvalue weighted by Crippen LogP contribution is -2.42. The molecule has 0 amide bonds. The number of hydrogen-bond acceptors (Lipinski definition) is 3. The molecule has 2 aliphatic rings. The van der Waals surface area contributed by atoms with Crippen molar-refractivity contribution in [2.45, 2.75) is 97.0 Å². The van der Waals surface area contributed by atoms with E-state index in [-0.39, 0.29) is 12.8 Å². The van der Waals surface area contributed by atoms with Crippen LogP contribution in [0.3, 0.4) is 0 Å². The van der Waals surface area contributed by atoms with Gasteiger partial charge >= 0.3 is 11.9 Å². The average Bonchev–Trinajstić information content (AvgIpc) is 2.62. The number of carboxylic acid groups (broad SMARTS) is 2. The van der Waals surface area contributed by atoms with Crippen molar-refractivity contribution in [2.24, 2.45) is 22.7 Å². The second-order valence-electron chi connectivity index (χ2n) is 8.94. The van der Waals surface area contributed by atoms with E-state index in [0.717, 1.165) is 38.5 Å². The average molecular weight is 369 g/mol. The van der Waals surface area contributed by atoms with Crippen molar-refractivity contribution in [3.63, 3.8) is 0 Å². The number of aliphatic carboxylic acids is 2. The topological polar surface area (TPSA) is 94.8 Å². The van der Waals surface area contributed by atoms with Gasteiger partial charge in [0.2, 0.25) is 0 Å². The molecule has 0 atom stereocenters. The van der Waals surface area contributed by atoms with Gasteiger partial charge in [-0.2, -0.15) is 0 Å². The number of rotatable bonds is 8. The Morgan fingerprint density at radius 1 is 0.808 bits per heavy atom. The van der Waals surface area contributed by atoms with Crippen molar-refractivity contribution in [2.75, 3.05) is 0 Å². The largest absolute Gasteiger partial charge is 0.481 e. The minimum Gasteiger partial charge on any atom is -0.481 e. The van der Waals surface area contributed by atoms with Crippen LogP contribution in [0.15, 0.2) is 0 Å². The van der Waals surface area contributed by atoms with Crippen LogP contribution in [0.4, 0.5) is 0 Å². The Morgan fingerprint density at radius 3 is 1.35 bits per heavy atom. The van der Waals surface area contributed by atoms with Gasteiger partial charge in [-0.05, 0) is 76.0 Å². The highest BCUT2D eigenvalue weighted by Crippen LogP contribution is 2.47. The summed E-state index contributed by atoms with van der Waals surface area (Å²) in [5, 5.41) is 30.3. The molecule has 0 aromatic rings. The van der Waals surface area contributed by atoms with Crippen molar-refractivity contribution in [3.05, 3.63) is 0 Å². The van der Waals surface area contributed by atoms with Gasteiger partial charge in [0.05, 0.1) is 16.9 Å². The molecule has 2 aliphatic carbocycles. The fraction of sp³-hybridized carbons (Fsp3) is 0.905. The molecule has 3 N–H and O–H groups in total. The maximum absolute atomic E-state index is 12.0. The number of carbonyl (C=O) groups is 2. The number of hydrogen-bond donors (Lipinski definition) is 3. The Bertz CT molecular complexity index is 441. The first-order valence-corrected chi connectivity index (χ1v) is 10.4. The molecule has 0 saturated heterocycles. The highest BCUT2D eigenvalue weighted by molar-refractivity contribution is 5.75. The number of aliphatic hydroxyl groups is 1. The predicted molar refractivity (Wildman–Crippen MR) is 99.9 cm³/mol. The monoisotopic (exact) mass is 368 g/mol. The standard InChI is InChI=1S/C21H36O5/c1-3-15-5-9-20(10-6-15,18(23)24)13-17(22)14-21(19(25)26)11-7-16(4-2)8-12-21/h15-17,22H,3-14H2,1-2H3,(H,23,24)(H,25,26). The highest BCUT2D eigenvalue weighted by Gasteiger charge is 2.47. The quantitative estimate of drug-likeness (QED) is 0.587. The van der Waals surface area contributed by atoms with Gasteiger partial charge in [-0.3, -0.25) is 9.59 Å². The molecule has 5 nitrogen and oxygen atoms in total. The molecule has 0 aromatic carbocycles. The normalized spacial score (nSPS) is 36.4. The van der Waals surface area contributed by atoms with Gasteiger partial charge in [-0.15, -0.1) is 0 Å². The molecular weight excluding hydrogens is 332 g/mol. The van der Waals surface area contributed by atoms with Crippen LogP contribution in [0.2, 0.25) is 0 Å². The summed E-state index contributed by atoms with van der Waals surface area (Å²) in [6.45, 7) is 4.27. The molecule has 0 spiro atoms. The Kier molecular flexibility index (Phi) is 7.12. The van der Waals surface area contributed by atoms with Crippen LogP contribution in [0.1, 0.15) is 90.9 Å². The van der Waals surface area contributed by atoms with Gasteiger partial charge in [-0.1, -0.05) is 26.7 Å². The molecule has 2 rings (SSSR count). The van der Waals surface area contributed by atoms with Gasteiger partial charge < -0.3 is 15.3 Å². The summed E-state index contributed by atoms with van der Waals surface area (Å²) in [5.74, 6) is -0.501. The van der Waals surface area contributed by atoms with Gasteiger partial charge in [0, 0.05) is 0 Å². The third kappa shape index (κ3) is 4.59. The zero-order valence-electron chi connectivity index (χ0n) is 16.4. The summed E-state index contributed by atoms with van der Waals surface area (Å²) in [6.07, 6.45) is 7.56. The van der Waals surface area contributed by atoms with E-state index in [1.165, 1.54) is 0 Å². The summed E-state index contributed by atoms with van der Waals surface area (Å²) >= 11 is 0. The SMILES string of the molecule is CCC1CCC(CC(O)CC2(C(=O)O)CCC(CC)CC2)(C(=O)O)CC1. The van der Waals surface area contributed by atoms with E-state index in [4.69, 9.17) is 0 Å². The maximum Gasteiger partial charge on any atom is 0.309 e. The molecule has 2 saturated carbocycles. The van der Waals surface area contributed by atoms with E-state index in [1.807, 2.05) is 0 Å². The van der Waals surface area contributed by atoms with E-state index in [1.54, 1.807) is 0 Å². The zero-order chi connectivity index (χ0) is 19.4. The van der Waals surface area contributed by atoms with Crippen LogP contribution in [0.5, 0.6) is 0 Å². The van der Waals surface area contributed by atoms with E-state index in [0.29, 0.717) is 37.5 Å². The van der Waals surface area contributed by atoms with E-state index < -0.39 is 28.9 Å². The maximum atomic E-state index is 12.0. The van der Waals surface area contributed by atoms with Crippen molar-refractivity contribution in [3.8, 4) is 0 Å². The van der Waals surface area contributed by atoms with Crippen molar-refractivity contribution >= 4 is 11.9 Å². The molecule has 0 aliphatic heterocycles. The van der Waals surface area contributed by atoms with Crippen LogP contribution >= 0.6 is 0 Å². The molecular formula is C21H36O5. The number of carboxylic acids is 2. The smallest absolute Gasteiger partial charge is 0.309 e. The second-order valence-corrected chi connectivity index (χ2v) is 8.94. The second kappa shape index (κ2) is 8.73. The molecule has 2 fully saturated rings. The highest BCUT2D eigenvalue weighted by atomic mass is 16.4. The molecule has 150 valence electrons. The summed E-state index contributed by atoms with van der Waals surface area (Å²) < 4.78 is 0. The van der Waals surface area contributed by atoms with Crippen molar-refractivity contribution in [1.29, 1.82) is 0 Å². The van der Waals surface area contributed by atoms with Gasteiger partial charge in [0.15, 0.2) is 0 Å². The summed E-state index contributed by atoms with van der Waals surface area (Å²) in [4.78, 5) is 23.9. The molecule has 0 unspecified atom stereocenters. The fourth-order valence-electron chi connectivity index (χ4n) is 5.26. The predicted octanol–water partition coefficient (Wildman–Crippen LogP) is 4.47. The zero-order valence-corrected chi connectivity index (χ0v) is 16.4. The van der Waals surface area contributed by atoms with Crippen LogP contribution in [0, 0.1) is 22.7 Å². The third-order valence-electron chi connectivity index (χ3n) is 7.44.